The lowest BCUT2D eigenvalue weighted by Crippen LogP contribution is -2.43. The normalized spacial score (nSPS) is 16.9. The molecule has 3 aromatic rings. The highest BCUT2D eigenvalue weighted by atomic mass is 19.1. The number of carbonyl (C=O) groups excluding carboxylic acids is 1. The Labute approximate surface area is 181 Å². The lowest BCUT2D eigenvalue weighted by atomic mass is 9.96. The van der Waals surface area contributed by atoms with Crippen molar-refractivity contribution in [3.8, 4) is 11.4 Å². The average molecular weight is 423 g/mol. The molecule has 1 aliphatic heterocycles. The largest absolute Gasteiger partial charge is 0.337 e. The molecule has 2 heterocycles. The zero-order valence-electron chi connectivity index (χ0n) is 17.9. The number of likely N-dealkylation sites (tertiary alicyclic amines) is 1. The van der Waals surface area contributed by atoms with Gasteiger partial charge in [-0.1, -0.05) is 41.1 Å². The molecule has 0 unspecified atom stereocenters. The van der Waals surface area contributed by atoms with E-state index in [0.29, 0.717) is 18.3 Å². The third-order valence-corrected chi connectivity index (χ3v) is 5.67. The second-order valence-electron chi connectivity index (χ2n) is 8.28. The number of aryl methyl sites for hydroxylation is 1. The Kier molecular flexibility index (Phi) is 6.42. The van der Waals surface area contributed by atoms with Crippen molar-refractivity contribution in [2.24, 2.45) is 5.92 Å². The minimum absolute atomic E-state index is 0.0710. The maximum atomic E-state index is 13.1. The van der Waals surface area contributed by atoms with Gasteiger partial charge in [-0.2, -0.15) is 4.98 Å². The number of aromatic nitrogens is 2. The molecule has 2 aromatic carbocycles. The predicted molar refractivity (Wildman–Crippen MR) is 115 cm³/mol. The number of halogens is 1. The maximum absolute atomic E-state index is 13.1. The van der Waals surface area contributed by atoms with E-state index in [2.05, 4.69) is 15.0 Å². The van der Waals surface area contributed by atoms with E-state index in [0.717, 1.165) is 42.6 Å². The van der Waals surface area contributed by atoms with Gasteiger partial charge in [-0.15, -0.1) is 0 Å². The minimum atomic E-state index is -0.233. The molecule has 0 bridgehead atoms. The first-order valence-corrected chi connectivity index (χ1v) is 10.6. The van der Waals surface area contributed by atoms with Crippen LogP contribution >= 0.6 is 0 Å². The van der Waals surface area contributed by atoms with Gasteiger partial charge in [0.1, 0.15) is 5.82 Å². The lowest BCUT2D eigenvalue weighted by molar-refractivity contribution is -0.137. The van der Waals surface area contributed by atoms with Gasteiger partial charge in [0.05, 0.1) is 12.5 Å². The third-order valence-electron chi connectivity index (χ3n) is 5.67. The Balaban J connectivity index is 1.35. The molecule has 1 aliphatic rings. The molecule has 0 saturated carbocycles. The van der Waals surface area contributed by atoms with Gasteiger partial charge in [-0.25, -0.2) is 4.39 Å². The number of hydrogen-bond donors (Lipinski definition) is 0. The number of rotatable bonds is 6. The molecule has 31 heavy (non-hydrogen) atoms. The molecular weight excluding hydrogens is 395 g/mol. The van der Waals surface area contributed by atoms with E-state index in [1.165, 1.54) is 12.1 Å². The molecular formula is C24H27FN4O2. The molecule has 162 valence electrons. The quantitative estimate of drug-likeness (QED) is 0.600. The van der Waals surface area contributed by atoms with Crippen molar-refractivity contribution < 1.29 is 13.7 Å². The summed E-state index contributed by atoms with van der Waals surface area (Å²) in [5.41, 5.74) is 3.07. The van der Waals surface area contributed by atoms with Gasteiger partial charge in [-0.05, 0) is 50.1 Å². The minimum Gasteiger partial charge on any atom is -0.337 e. The first kappa shape index (κ1) is 21.2. The van der Waals surface area contributed by atoms with Crippen LogP contribution in [0.25, 0.3) is 11.4 Å². The van der Waals surface area contributed by atoms with Crippen molar-refractivity contribution >= 4 is 5.91 Å². The van der Waals surface area contributed by atoms with Crippen LogP contribution in [-0.2, 0) is 17.9 Å². The molecule has 4 rings (SSSR count). The van der Waals surface area contributed by atoms with E-state index in [4.69, 9.17) is 4.52 Å². The molecule has 1 aromatic heterocycles. The summed E-state index contributed by atoms with van der Waals surface area (Å²) in [6, 6.07) is 14.5. The Morgan fingerprint density at radius 3 is 2.84 bits per heavy atom. The number of hydrogen-bond acceptors (Lipinski definition) is 5. The van der Waals surface area contributed by atoms with Crippen molar-refractivity contribution in [1.29, 1.82) is 0 Å². The molecule has 1 saturated heterocycles. The van der Waals surface area contributed by atoms with Crippen molar-refractivity contribution in [3.05, 3.63) is 71.4 Å². The van der Waals surface area contributed by atoms with Gasteiger partial charge in [0.15, 0.2) is 0 Å². The van der Waals surface area contributed by atoms with Crippen molar-refractivity contribution in [1.82, 2.24) is 19.9 Å². The summed E-state index contributed by atoms with van der Waals surface area (Å²) < 4.78 is 18.5. The van der Waals surface area contributed by atoms with Crippen LogP contribution in [0.3, 0.4) is 0 Å². The van der Waals surface area contributed by atoms with Crippen LogP contribution in [0.1, 0.15) is 29.9 Å². The van der Waals surface area contributed by atoms with E-state index >= 15 is 0 Å². The molecule has 1 atom stereocenters. The molecule has 0 aliphatic carbocycles. The fourth-order valence-electron chi connectivity index (χ4n) is 4.06. The Bertz CT molecular complexity index is 1030. The van der Waals surface area contributed by atoms with E-state index in [-0.39, 0.29) is 24.2 Å². The fourth-order valence-corrected chi connectivity index (χ4v) is 4.06. The molecule has 0 spiro atoms. The van der Waals surface area contributed by atoms with Crippen LogP contribution in [-0.4, -0.2) is 46.0 Å². The molecule has 1 amide bonds. The van der Waals surface area contributed by atoms with Gasteiger partial charge >= 0.3 is 0 Å². The highest BCUT2D eigenvalue weighted by Crippen LogP contribution is 2.22. The fraction of sp³-hybridized carbons (Fsp3) is 0.375. The Morgan fingerprint density at radius 2 is 2.06 bits per heavy atom. The molecule has 1 fully saturated rings. The Hall–Kier alpha value is -3.06. The first-order valence-electron chi connectivity index (χ1n) is 10.6. The smallest absolute Gasteiger partial charge is 0.246 e. The standard InChI is InChI=1S/C24H27FN4O2/c1-17-5-3-6-19(13-17)23-26-22(31-27-23)16-28(2)24(30)20-7-4-12-29(15-20)14-18-8-10-21(25)11-9-18/h3,5-6,8-11,13,20H,4,7,12,14-16H2,1-2H3/t20-/m1/s1. The third kappa shape index (κ3) is 5.35. The summed E-state index contributed by atoms with van der Waals surface area (Å²) in [5, 5.41) is 4.06. The van der Waals surface area contributed by atoms with Crippen LogP contribution in [0.15, 0.2) is 53.1 Å². The second-order valence-corrected chi connectivity index (χ2v) is 8.28. The zero-order valence-corrected chi connectivity index (χ0v) is 17.9. The van der Waals surface area contributed by atoms with E-state index in [1.54, 1.807) is 24.1 Å². The average Bonchev–Trinajstić information content (AvgIpc) is 3.23. The van der Waals surface area contributed by atoms with E-state index < -0.39 is 0 Å². The van der Waals surface area contributed by atoms with Gasteiger partial charge in [0.2, 0.25) is 17.6 Å². The monoisotopic (exact) mass is 422 g/mol. The van der Waals surface area contributed by atoms with Crippen LogP contribution < -0.4 is 0 Å². The first-order chi connectivity index (χ1) is 15.0. The van der Waals surface area contributed by atoms with Gasteiger partial charge in [0, 0.05) is 25.7 Å². The summed E-state index contributed by atoms with van der Waals surface area (Å²) >= 11 is 0. The maximum Gasteiger partial charge on any atom is 0.246 e. The molecule has 6 nitrogen and oxygen atoms in total. The van der Waals surface area contributed by atoms with Crippen LogP contribution in [0.2, 0.25) is 0 Å². The van der Waals surface area contributed by atoms with E-state index in [1.807, 2.05) is 31.2 Å². The van der Waals surface area contributed by atoms with E-state index in [9.17, 15) is 9.18 Å². The SMILES string of the molecule is Cc1cccc(-c2noc(CN(C)C(=O)[C@@H]3CCCN(Cc4ccc(F)cc4)C3)n2)c1. The van der Waals surface area contributed by atoms with Crippen LogP contribution in [0, 0.1) is 18.7 Å². The molecule has 0 N–H and O–H groups in total. The van der Waals surface area contributed by atoms with Gasteiger partial charge in [0.25, 0.3) is 0 Å². The molecule has 7 heteroatoms. The van der Waals surface area contributed by atoms with Crippen molar-refractivity contribution in [2.45, 2.75) is 32.9 Å². The molecule has 0 radical (unpaired) electrons. The number of piperidine rings is 1. The van der Waals surface area contributed by atoms with Crippen molar-refractivity contribution in [2.75, 3.05) is 20.1 Å². The predicted octanol–water partition coefficient (Wildman–Crippen LogP) is 4.05. The highest BCUT2D eigenvalue weighted by Gasteiger charge is 2.28. The van der Waals surface area contributed by atoms with Gasteiger partial charge < -0.3 is 9.42 Å². The summed E-state index contributed by atoms with van der Waals surface area (Å²) in [6.07, 6.45) is 1.82. The van der Waals surface area contributed by atoms with Crippen LogP contribution in [0.5, 0.6) is 0 Å². The van der Waals surface area contributed by atoms with Crippen molar-refractivity contribution in [3.63, 3.8) is 0 Å². The summed E-state index contributed by atoms with van der Waals surface area (Å²) in [7, 11) is 1.78. The van der Waals surface area contributed by atoms with Gasteiger partial charge in [-0.3, -0.25) is 9.69 Å². The number of carbonyl (C=O) groups is 1. The number of amides is 1. The summed E-state index contributed by atoms with van der Waals surface area (Å²) in [6.45, 7) is 4.65. The number of nitrogens with zero attached hydrogens (tertiary/aromatic N) is 4. The highest BCUT2D eigenvalue weighted by molar-refractivity contribution is 5.78. The zero-order chi connectivity index (χ0) is 21.8. The summed E-state index contributed by atoms with van der Waals surface area (Å²) in [5.74, 6) is 0.732. The topological polar surface area (TPSA) is 62.5 Å². The van der Waals surface area contributed by atoms with Crippen LogP contribution in [0.4, 0.5) is 4.39 Å². The lowest BCUT2D eigenvalue weighted by Gasteiger charge is -2.33. The Morgan fingerprint density at radius 1 is 1.26 bits per heavy atom. The second kappa shape index (κ2) is 9.39. The summed E-state index contributed by atoms with van der Waals surface area (Å²) in [4.78, 5) is 21.4. The number of benzene rings is 2.